The number of hydrogen-bond acceptors (Lipinski definition) is 2. The molecule has 0 aliphatic rings. The molecule has 3 heteroatoms. The molecule has 0 bridgehead atoms. The summed E-state index contributed by atoms with van der Waals surface area (Å²) in [6.07, 6.45) is -0.671. The van der Waals surface area contributed by atoms with Crippen LogP contribution >= 0.6 is 0 Å². The maximum Gasteiger partial charge on any atom is 0.0359 e. The van der Waals surface area contributed by atoms with Crippen molar-refractivity contribution in [2.45, 2.75) is 13.0 Å². The Bertz CT molecular complexity index is 20.0. The minimum atomic E-state index is -0.671. The Kier molecular flexibility index (Phi) is 7.57. The van der Waals surface area contributed by atoms with E-state index in [0.717, 1.165) is 0 Å². The van der Waals surface area contributed by atoms with Crippen molar-refractivity contribution < 1.29 is 15.7 Å². The molecule has 0 radical (unpaired) electrons. The zero-order chi connectivity index (χ0) is 4.28. The second-order valence-electron chi connectivity index (χ2n) is 1.02. The molecular weight excluding hydrogens is 84.0 g/mol. The Morgan fingerprint density at radius 2 is 2.00 bits per heavy atom. The van der Waals surface area contributed by atoms with Crippen molar-refractivity contribution in [2.75, 3.05) is 6.61 Å². The van der Waals surface area contributed by atoms with E-state index in [9.17, 15) is 5.11 Å². The van der Waals surface area contributed by atoms with Gasteiger partial charge < -0.3 is 15.7 Å². The summed E-state index contributed by atoms with van der Waals surface area (Å²) in [7, 11) is 0. The maximum atomic E-state index is 9.38. The highest BCUT2D eigenvalue weighted by molar-refractivity contribution is 4.32. The first-order chi connectivity index (χ1) is 2.27. The lowest BCUT2D eigenvalue weighted by Crippen LogP contribution is -2.18. The predicted octanol–water partition coefficient (Wildman–Crippen LogP) is -2.10. The molecule has 0 aromatic heterocycles. The molecule has 0 aliphatic heterocycles. The quantitative estimate of drug-likeness (QED) is 0.403. The van der Waals surface area contributed by atoms with Crippen LogP contribution in [0.2, 0.25) is 0 Å². The Hall–Kier alpha value is -0.120. The summed E-state index contributed by atoms with van der Waals surface area (Å²) < 4.78 is 0. The van der Waals surface area contributed by atoms with Crippen molar-refractivity contribution >= 4 is 0 Å². The van der Waals surface area contributed by atoms with Gasteiger partial charge in [-0.3, -0.25) is 0 Å². The molecule has 0 saturated heterocycles. The molecule has 1 atom stereocenters. The molecule has 3 nitrogen and oxygen atoms in total. The summed E-state index contributed by atoms with van der Waals surface area (Å²) in [5.41, 5.74) is 0. The van der Waals surface area contributed by atoms with Gasteiger partial charge in [0.25, 0.3) is 0 Å². The first-order valence-electron chi connectivity index (χ1n) is 1.53. The third-order valence-corrected chi connectivity index (χ3v) is 0.241. The zero-order valence-electron chi connectivity index (χ0n) is 3.64. The normalized spacial score (nSPS) is 12.5. The van der Waals surface area contributed by atoms with Crippen molar-refractivity contribution in [3.63, 3.8) is 0 Å². The molecule has 0 saturated carbocycles. The van der Waals surface area contributed by atoms with Gasteiger partial charge in [-0.1, -0.05) is 0 Å². The fraction of sp³-hybridized carbons (Fsp3) is 1.00. The lowest BCUT2D eigenvalue weighted by atomic mass is 10.5. The lowest BCUT2D eigenvalue weighted by molar-refractivity contribution is -0.382. The topological polar surface area (TPSA) is 74.8 Å². The summed E-state index contributed by atoms with van der Waals surface area (Å²) in [4.78, 5) is 0. The van der Waals surface area contributed by atoms with Gasteiger partial charge >= 0.3 is 0 Å². The average Bonchev–Trinajstić information content (AvgIpc) is 1.38. The number of rotatable bonds is 1. The maximum absolute atomic E-state index is 9.38. The van der Waals surface area contributed by atoms with Crippen LogP contribution in [0.5, 0.6) is 0 Å². The van der Waals surface area contributed by atoms with Crippen LogP contribution in [0.4, 0.5) is 0 Å². The highest BCUT2D eigenvalue weighted by Crippen LogP contribution is 1.65. The fourth-order valence-electron chi connectivity index (χ4n) is 0. The molecule has 0 amide bonds. The Balaban J connectivity index is 0. The largest absolute Gasteiger partial charge is 0.853 e. The van der Waals surface area contributed by atoms with Crippen LogP contribution in [0.3, 0.4) is 0 Å². The summed E-state index contributed by atoms with van der Waals surface area (Å²) >= 11 is 0. The fourth-order valence-corrected chi connectivity index (χ4v) is 0. The van der Waals surface area contributed by atoms with Gasteiger partial charge in [0.1, 0.15) is 0 Å². The van der Waals surface area contributed by atoms with E-state index in [-0.39, 0.29) is 12.1 Å². The van der Waals surface area contributed by atoms with E-state index in [1.807, 2.05) is 0 Å². The molecule has 0 aromatic carbocycles. The standard InChI is InChI=1S/C3H7O2.H2O/c1-3(5)2-4;/h3,5H,2H2,1H3;1H2/q-1;. The summed E-state index contributed by atoms with van der Waals surface area (Å²) in [5, 5.41) is 17.4. The minimum Gasteiger partial charge on any atom is -0.853 e. The zero-order valence-corrected chi connectivity index (χ0v) is 3.64. The minimum absolute atomic E-state index is 0. The summed E-state index contributed by atoms with van der Waals surface area (Å²) in [6.45, 7) is 1.08. The Morgan fingerprint density at radius 3 is 2.00 bits per heavy atom. The predicted molar refractivity (Wildman–Crippen MR) is 20.2 cm³/mol. The highest BCUT2D eigenvalue weighted by Gasteiger charge is 1.75. The van der Waals surface area contributed by atoms with Crippen molar-refractivity contribution in [2.24, 2.45) is 0 Å². The van der Waals surface area contributed by atoms with Gasteiger partial charge in [-0.2, -0.15) is 0 Å². The first-order valence-corrected chi connectivity index (χ1v) is 1.53. The SMILES string of the molecule is CC(O)C[O-].O. The Labute approximate surface area is 36.5 Å². The van der Waals surface area contributed by atoms with Gasteiger partial charge in [-0.25, -0.2) is 0 Å². The molecule has 0 spiro atoms. The molecule has 0 rings (SSSR count). The average molecular weight is 93.1 g/mol. The Morgan fingerprint density at radius 1 is 1.83 bits per heavy atom. The van der Waals surface area contributed by atoms with E-state index in [1.165, 1.54) is 6.92 Å². The third-order valence-electron chi connectivity index (χ3n) is 0.241. The number of hydrogen-bond donors (Lipinski definition) is 1. The van der Waals surface area contributed by atoms with Gasteiger partial charge in [0.2, 0.25) is 0 Å². The van der Waals surface area contributed by atoms with Crippen molar-refractivity contribution in [1.82, 2.24) is 0 Å². The van der Waals surface area contributed by atoms with Gasteiger partial charge in [0, 0.05) is 6.10 Å². The molecule has 0 aliphatic carbocycles. The van der Waals surface area contributed by atoms with Crippen molar-refractivity contribution in [3.05, 3.63) is 0 Å². The molecule has 1 unspecified atom stereocenters. The molecule has 6 heavy (non-hydrogen) atoms. The molecular formula is C3H9O3-. The molecule has 0 fully saturated rings. The second-order valence-corrected chi connectivity index (χ2v) is 1.02. The van der Waals surface area contributed by atoms with E-state index >= 15 is 0 Å². The number of aliphatic hydroxyl groups excluding tert-OH is 1. The van der Waals surface area contributed by atoms with E-state index in [0.29, 0.717) is 0 Å². The molecule has 3 N–H and O–H groups in total. The van der Waals surface area contributed by atoms with E-state index in [4.69, 9.17) is 5.11 Å². The van der Waals surface area contributed by atoms with Crippen molar-refractivity contribution in [1.29, 1.82) is 0 Å². The first kappa shape index (κ1) is 9.30. The van der Waals surface area contributed by atoms with Crippen LogP contribution in [0.15, 0.2) is 0 Å². The van der Waals surface area contributed by atoms with Crippen LogP contribution in [0, 0.1) is 0 Å². The summed E-state index contributed by atoms with van der Waals surface area (Å²) in [5.74, 6) is 0. The van der Waals surface area contributed by atoms with Crippen LogP contribution in [0.1, 0.15) is 6.92 Å². The van der Waals surface area contributed by atoms with Crippen LogP contribution in [0.25, 0.3) is 0 Å². The van der Waals surface area contributed by atoms with E-state index < -0.39 is 6.10 Å². The lowest BCUT2D eigenvalue weighted by Gasteiger charge is -2.02. The van der Waals surface area contributed by atoms with Gasteiger partial charge in [0.05, 0.1) is 0 Å². The van der Waals surface area contributed by atoms with E-state index in [1.54, 1.807) is 0 Å². The van der Waals surface area contributed by atoms with Crippen molar-refractivity contribution in [3.8, 4) is 0 Å². The van der Waals surface area contributed by atoms with E-state index in [2.05, 4.69) is 0 Å². The molecule has 0 heterocycles. The van der Waals surface area contributed by atoms with Gasteiger partial charge in [-0.05, 0) is 6.92 Å². The second kappa shape index (κ2) is 4.88. The molecule has 0 aromatic rings. The van der Waals surface area contributed by atoms with Gasteiger partial charge in [-0.15, -0.1) is 6.61 Å². The smallest absolute Gasteiger partial charge is 0.0359 e. The monoisotopic (exact) mass is 93.1 g/mol. The van der Waals surface area contributed by atoms with Crippen LogP contribution in [-0.4, -0.2) is 23.3 Å². The summed E-state index contributed by atoms with van der Waals surface area (Å²) in [6, 6.07) is 0. The third kappa shape index (κ3) is 9.11. The number of aliphatic hydroxyl groups is 1. The highest BCUT2D eigenvalue weighted by atomic mass is 16.3. The van der Waals surface area contributed by atoms with Crippen LogP contribution < -0.4 is 5.11 Å². The molecule has 40 valence electrons. The van der Waals surface area contributed by atoms with Gasteiger partial charge in [0.15, 0.2) is 0 Å². The van der Waals surface area contributed by atoms with Crippen LogP contribution in [-0.2, 0) is 0 Å².